The van der Waals surface area contributed by atoms with Crippen molar-refractivity contribution in [3.05, 3.63) is 47.6 Å². The fourth-order valence-electron chi connectivity index (χ4n) is 1.37. The van der Waals surface area contributed by atoms with E-state index in [2.05, 4.69) is 36.5 Å². The Labute approximate surface area is 61.3 Å². The molecule has 0 N–H and O–H groups in total. The third-order valence-corrected chi connectivity index (χ3v) is 1.94. The quantitative estimate of drug-likeness (QED) is 0.473. The highest BCUT2D eigenvalue weighted by Crippen LogP contribution is 2.24. The molecule has 0 aliphatic heterocycles. The van der Waals surface area contributed by atoms with Crippen molar-refractivity contribution in [2.24, 2.45) is 0 Å². The average molecular weight is 130 g/mol. The minimum atomic E-state index is 1.19. The molecule has 50 valence electrons. The zero-order chi connectivity index (χ0) is 6.81. The Kier molecular flexibility index (Phi) is 1.31. The summed E-state index contributed by atoms with van der Waals surface area (Å²) in [4.78, 5) is 0. The topological polar surface area (TPSA) is 0 Å². The Morgan fingerprint density at radius 2 is 2.10 bits per heavy atom. The molecule has 0 nitrogen and oxygen atoms in total. The van der Waals surface area contributed by atoms with Crippen LogP contribution in [-0.2, 0) is 0 Å². The van der Waals surface area contributed by atoms with Crippen molar-refractivity contribution >= 4 is 0 Å². The number of rotatable bonds is 0. The van der Waals surface area contributed by atoms with Crippen molar-refractivity contribution in [1.29, 1.82) is 0 Å². The summed E-state index contributed by atoms with van der Waals surface area (Å²) < 4.78 is 0. The van der Waals surface area contributed by atoms with Gasteiger partial charge in [-0.25, -0.2) is 0 Å². The summed E-state index contributed by atoms with van der Waals surface area (Å²) in [5, 5.41) is 0. The maximum absolute atomic E-state index is 2.22. The van der Waals surface area contributed by atoms with E-state index in [1.807, 2.05) is 0 Å². The zero-order valence-electron chi connectivity index (χ0n) is 5.88. The molecule has 0 amide bonds. The van der Waals surface area contributed by atoms with E-state index in [-0.39, 0.29) is 0 Å². The molecule has 10 heavy (non-hydrogen) atoms. The predicted octanol–water partition coefficient (Wildman–Crippen LogP) is 2.76. The summed E-state index contributed by atoms with van der Waals surface area (Å²) in [6.45, 7) is 0. The summed E-state index contributed by atoms with van der Waals surface area (Å²) in [7, 11) is 0. The molecule has 0 atom stereocenters. The van der Waals surface area contributed by atoms with Crippen molar-refractivity contribution in [2.75, 3.05) is 0 Å². The molecule has 2 rings (SSSR count). The lowest BCUT2D eigenvalue weighted by Crippen LogP contribution is -1.79. The maximum Gasteiger partial charge on any atom is -0.0225 e. The van der Waals surface area contributed by atoms with Gasteiger partial charge in [0.1, 0.15) is 0 Å². The lowest BCUT2D eigenvalue weighted by molar-refractivity contribution is 1.01. The first-order valence-corrected chi connectivity index (χ1v) is 3.71. The van der Waals surface area contributed by atoms with Gasteiger partial charge < -0.3 is 0 Å². The van der Waals surface area contributed by atoms with Gasteiger partial charge in [0.25, 0.3) is 0 Å². The van der Waals surface area contributed by atoms with Gasteiger partial charge >= 0.3 is 0 Å². The molecule has 2 aliphatic rings. The molecule has 0 unspecified atom stereocenters. The van der Waals surface area contributed by atoms with Crippen molar-refractivity contribution in [2.45, 2.75) is 12.8 Å². The third kappa shape index (κ3) is 0.860. The van der Waals surface area contributed by atoms with E-state index in [1.54, 1.807) is 0 Å². The number of hydrogen-bond donors (Lipinski definition) is 0. The lowest BCUT2D eigenvalue weighted by atomic mass is 10.1. The van der Waals surface area contributed by atoms with E-state index >= 15 is 0 Å². The summed E-state index contributed by atoms with van der Waals surface area (Å²) >= 11 is 0. The first-order valence-electron chi connectivity index (χ1n) is 3.71. The minimum absolute atomic E-state index is 1.19. The van der Waals surface area contributed by atoms with Gasteiger partial charge in [-0.1, -0.05) is 36.5 Å². The van der Waals surface area contributed by atoms with Gasteiger partial charge in [-0.2, -0.15) is 0 Å². The molecule has 0 heterocycles. The summed E-state index contributed by atoms with van der Waals surface area (Å²) in [5.41, 5.74) is 2.89. The Morgan fingerprint density at radius 3 is 3.10 bits per heavy atom. The van der Waals surface area contributed by atoms with Crippen molar-refractivity contribution in [3.8, 4) is 0 Å². The van der Waals surface area contributed by atoms with Crippen LogP contribution in [0.3, 0.4) is 0 Å². The van der Waals surface area contributed by atoms with Gasteiger partial charge in [0, 0.05) is 0 Å². The molecule has 0 heteroatoms. The van der Waals surface area contributed by atoms with Crippen LogP contribution in [0.1, 0.15) is 12.8 Å². The van der Waals surface area contributed by atoms with Crippen LogP contribution < -0.4 is 0 Å². The van der Waals surface area contributed by atoms with E-state index in [4.69, 9.17) is 0 Å². The second kappa shape index (κ2) is 2.30. The number of allylic oxidation sites excluding steroid dienone is 8. The standard InChI is InChI=1S/C10H10/c1-2-5-9-7-4-8-10(9)6-3-1/h1-2,4-5,7-8H,3,6H2. The summed E-state index contributed by atoms with van der Waals surface area (Å²) in [6, 6.07) is 0. The molecular formula is C10H10. The molecule has 0 aromatic rings. The average Bonchev–Trinajstić information content (AvgIpc) is 2.28. The van der Waals surface area contributed by atoms with Crippen molar-refractivity contribution in [3.63, 3.8) is 0 Å². The van der Waals surface area contributed by atoms with Crippen LogP contribution in [0.15, 0.2) is 47.6 Å². The molecule has 2 aliphatic carbocycles. The largest absolute Gasteiger partial charge is 0.0842 e. The molecular weight excluding hydrogens is 120 g/mol. The van der Waals surface area contributed by atoms with E-state index in [0.29, 0.717) is 0 Å². The van der Waals surface area contributed by atoms with Crippen molar-refractivity contribution < 1.29 is 0 Å². The van der Waals surface area contributed by atoms with Gasteiger partial charge in [-0.3, -0.25) is 0 Å². The fraction of sp³-hybridized carbons (Fsp3) is 0.200. The molecule has 0 bridgehead atoms. The van der Waals surface area contributed by atoms with Crippen LogP contribution in [0.25, 0.3) is 0 Å². The van der Waals surface area contributed by atoms with Crippen LogP contribution in [0.4, 0.5) is 0 Å². The third-order valence-electron chi connectivity index (χ3n) is 1.94. The van der Waals surface area contributed by atoms with Gasteiger partial charge in [-0.15, -0.1) is 0 Å². The van der Waals surface area contributed by atoms with E-state index in [0.717, 1.165) is 0 Å². The predicted molar refractivity (Wildman–Crippen MR) is 43.7 cm³/mol. The van der Waals surface area contributed by atoms with E-state index in [1.165, 1.54) is 24.0 Å². The van der Waals surface area contributed by atoms with Gasteiger partial charge in [0.15, 0.2) is 0 Å². The van der Waals surface area contributed by atoms with E-state index < -0.39 is 0 Å². The van der Waals surface area contributed by atoms with Crippen LogP contribution >= 0.6 is 0 Å². The van der Waals surface area contributed by atoms with Gasteiger partial charge in [-0.05, 0) is 24.0 Å². The highest BCUT2D eigenvalue weighted by atomic mass is 14.1. The number of hydrogen-bond acceptors (Lipinski definition) is 0. The molecule has 0 aromatic carbocycles. The molecule has 0 saturated heterocycles. The molecule has 0 spiro atoms. The molecule has 0 aromatic heterocycles. The normalized spacial score (nSPS) is 21.6. The zero-order valence-corrected chi connectivity index (χ0v) is 5.88. The highest BCUT2D eigenvalue weighted by molar-refractivity contribution is 5.50. The summed E-state index contributed by atoms with van der Waals surface area (Å²) in [6.07, 6.45) is 15.4. The molecule has 0 radical (unpaired) electrons. The SMILES string of the molecule is C1=CCCC2=CC=CC2=C1. The maximum atomic E-state index is 2.22. The second-order valence-electron chi connectivity index (χ2n) is 2.64. The first kappa shape index (κ1) is 5.72. The van der Waals surface area contributed by atoms with Gasteiger partial charge in [0.2, 0.25) is 0 Å². The Balaban J connectivity index is 2.36. The van der Waals surface area contributed by atoms with Crippen molar-refractivity contribution in [1.82, 2.24) is 0 Å². The van der Waals surface area contributed by atoms with E-state index in [9.17, 15) is 0 Å². The Morgan fingerprint density at radius 1 is 1.10 bits per heavy atom. The Hall–Kier alpha value is -1.04. The highest BCUT2D eigenvalue weighted by Gasteiger charge is 2.05. The first-order chi connectivity index (χ1) is 4.97. The smallest absolute Gasteiger partial charge is 0.0225 e. The fourth-order valence-corrected chi connectivity index (χ4v) is 1.37. The number of fused-ring (bicyclic) bond motifs is 1. The van der Waals surface area contributed by atoms with Gasteiger partial charge in [0.05, 0.1) is 0 Å². The van der Waals surface area contributed by atoms with Crippen LogP contribution in [0.2, 0.25) is 0 Å². The second-order valence-corrected chi connectivity index (χ2v) is 2.64. The molecule has 0 saturated carbocycles. The lowest BCUT2D eigenvalue weighted by Gasteiger charge is -1.97. The Bertz CT molecular complexity index is 249. The van der Waals surface area contributed by atoms with Crippen LogP contribution in [0.5, 0.6) is 0 Å². The monoisotopic (exact) mass is 130 g/mol. The van der Waals surface area contributed by atoms with Crippen LogP contribution in [-0.4, -0.2) is 0 Å². The van der Waals surface area contributed by atoms with Crippen LogP contribution in [0, 0.1) is 0 Å². The molecule has 0 fully saturated rings. The minimum Gasteiger partial charge on any atom is -0.0842 e. The summed E-state index contributed by atoms with van der Waals surface area (Å²) in [5.74, 6) is 0.